The molecule has 0 bridgehead atoms. The van der Waals surface area contributed by atoms with Crippen molar-refractivity contribution in [2.24, 2.45) is 5.14 Å². The molecule has 0 fully saturated rings. The van der Waals surface area contributed by atoms with Crippen molar-refractivity contribution in [1.82, 2.24) is 0 Å². The molecular weight excluding hydrogens is 386 g/mol. The van der Waals surface area contributed by atoms with Gasteiger partial charge in [-0.2, -0.15) is 0 Å². The Bertz CT molecular complexity index is 914. The number of nitro groups is 1. The molecule has 0 aliphatic carbocycles. The van der Waals surface area contributed by atoms with Crippen molar-refractivity contribution in [2.75, 3.05) is 4.90 Å². The average molecular weight is 398 g/mol. The highest BCUT2D eigenvalue weighted by Crippen LogP contribution is 2.33. The molecule has 1 aliphatic heterocycles. The van der Waals surface area contributed by atoms with Gasteiger partial charge in [0.25, 0.3) is 5.69 Å². The van der Waals surface area contributed by atoms with Crippen LogP contribution in [-0.2, 0) is 23.1 Å². The number of non-ortho nitro benzene ring substituents is 1. The highest BCUT2D eigenvalue weighted by molar-refractivity contribution is 9.10. The van der Waals surface area contributed by atoms with Crippen LogP contribution < -0.4 is 10.0 Å². The third kappa shape index (κ3) is 3.21. The van der Waals surface area contributed by atoms with Crippen LogP contribution in [0.15, 0.2) is 45.8 Å². The highest BCUT2D eigenvalue weighted by atomic mass is 79.9. The van der Waals surface area contributed by atoms with Crippen LogP contribution in [-0.4, -0.2) is 13.3 Å². The summed E-state index contributed by atoms with van der Waals surface area (Å²) < 4.78 is 24.1. The summed E-state index contributed by atoms with van der Waals surface area (Å²) in [6.07, 6.45) is 0. The van der Waals surface area contributed by atoms with E-state index in [9.17, 15) is 18.5 Å². The quantitative estimate of drug-likeness (QED) is 0.632. The predicted molar refractivity (Wildman–Crippen MR) is 88.5 cm³/mol. The zero-order valence-electron chi connectivity index (χ0n) is 11.8. The smallest absolute Gasteiger partial charge is 0.272 e. The molecule has 120 valence electrons. The van der Waals surface area contributed by atoms with Gasteiger partial charge in [0, 0.05) is 35.4 Å². The minimum atomic E-state index is -4.02. The van der Waals surface area contributed by atoms with Crippen LogP contribution in [0.25, 0.3) is 0 Å². The van der Waals surface area contributed by atoms with Crippen LogP contribution in [0.5, 0.6) is 0 Å². The number of hydrogen-bond acceptors (Lipinski definition) is 5. The number of nitrogens with two attached hydrogens (primary N) is 1. The minimum absolute atomic E-state index is 0.265. The summed E-state index contributed by atoms with van der Waals surface area (Å²) in [6, 6.07) is 9.56. The molecule has 1 heterocycles. The molecule has 7 nitrogen and oxygen atoms in total. The number of hydrogen-bond donors (Lipinski definition) is 1. The molecule has 0 spiro atoms. The van der Waals surface area contributed by atoms with Gasteiger partial charge in [-0.25, -0.2) is 13.6 Å². The fourth-order valence-electron chi connectivity index (χ4n) is 2.57. The van der Waals surface area contributed by atoms with E-state index in [1.54, 1.807) is 0 Å². The Hall–Kier alpha value is -1.97. The number of anilines is 1. The molecule has 1 aliphatic rings. The van der Waals surface area contributed by atoms with E-state index in [1.807, 2.05) is 23.1 Å². The van der Waals surface area contributed by atoms with Gasteiger partial charge >= 0.3 is 0 Å². The fourth-order valence-corrected chi connectivity index (χ4v) is 3.54. The van der Waals surface area contributed by atoms with Crippen molar-refractivity contribution in [3.63, 3.8) is 0 Å². The van der Waals surface area contributed by atoms with Gasteiger partial charge in [-0.15, -0.1) is 0 Å². The number of primary sulfonamides is 1. The van der Waals surface area contributed by atoms with Gasteiger partial charge in [0.1, 0.15) is 0 Å². The van der Waals surface area contributed by atoms with Crippen LogP contribution in [0.3, 0.4) is 0 Å². The second-order valence-electron chi connectivity index (χ2n) is 5.26. The lowest BCUT2D eigenvalue weighted by Gasteiger charge is -2.18. The topological polar surface area (TPSA) is 107 Å². The summed E-state index contributed by atoms with van der Waals surface area (Å²) in [5, 5.41) is 16.2. The molecular formula is C14H12BrN3O4S. The summed E-state index contributed by atoms with van der Waals surface area (Å²) in [6.45, 7) is 1.09. The first-order chi connectivity index (χ1) is 10.7. The van der Waals surface area contributed by atoms with Crippen LogP contribution >= 0.6 is 15.9 Å². The van der Waals surface area contributed by atoms with E-state index in [0.717, 1.165) is 21.7 Å². The molecule has 0 aromatic heterocycles. The maximum Gasteiger partial charge on any atom is 0.272 e. The molecule has 0 saturated carbocycles. The molecule has 2 N–H and O–H groups in total. The molecule has 0 amide bonds. The monoisotopic (exact) mass is 397 g/mol. The Balaban J connectivity index is 2.04. The summed E-state index contributed by atoms with van der Waals surface area (Å²) in [4.78, 5) is 12.0. The molecule has 3 rings (SSSR count). The molecule has 0 radical (unpaired) electrons. The zero-order valence-corrected chi connectivity index (χ0v) is 14.2. The summed E-state index contributed by atoms with van der Waals surface area (Å²) in [5.41, 5.74) is 2.33. The fraction of sp³-hybridized carbons (Fsp3) is 0.143. The maximum absolute atomic E-state index is 11.6. The predicted octanol–water partition coefficient (Wildman–Crippen LogP) is 2.52. The first kappa shape index (κ1) is 15.9. The first-order valence-electron chi connectivity index (χ1n) is 6.58. The summed E-state index contributed by atoms with van der Waals surface area (Å²) in [5.74, 6) is 0. The highest BCUT2D eigenvalue weighted by Gasteiger charge is 2.23. The van der Waals surface area contributed by atoms with Crippen molar-refractivity contribution >= 4 is 37.3 Å². The van der Waals surface area contributed by atoms with Crippen molar-refractivity contribution in [3.05, 3.63) is 62.1 Å². The Morgan fingerprint density at radius 2 is 1.83 bits per heavy atom. The summed E-state index contributed by atoms with van der Waals surface area (Å²) in [7, 11) is -4.02. The maximum atomic E-state index is 11.6. The Morgan fingerprint density at radius 1 is 1.13 bits per heavy atom. The second kappa shape index (κ2) is 5.59. The van der Waals surface area contributed by atoms with Gasteiger partial charge in [-0.05, 0) is 29.3 Å². The van der Waals surface area contributed by atoms with Crippen molar-refractivity contribution < 1.29 is 13.3 Å². The molecule has 23 heavy (non-hydrogen) atoms. The second-order valence-corrected chi connectivity index (χ2v) is 7.73. The normalized spacial score (nSPS) is 13.9. The van der Waals surface area contributed by atoms with Crippen molar-refractivity contribution in [1.29, 1.82) is 0 Å². The van der Waals surface area contributed by atoms with E-state index in [0.29, 0.717) is 18.8 Å². The van der Waals surface area contributed by atoms with Crippen LogP contribution in [0.2, 0.25) is 0 Å². The van der Waals surface area contributed by atoms with Crippen LogP contribution in [0, 0.1) is 10.1 Å². The van der Waals surface area contributed by atoms with Gasteiger partial charge in [0.05, 0.1) is 9.82 Å². The van der Waals surface area contributed by atoms with Crippen molar-refractivity contribution in [3.8, 4) is 0 Å². The van der Waals surface area contributed by atoms with E-state index in [-0.39, 0.29) is 10.6 Å². The van der Waals surface area contributed by atoms with E-state index >= 15 is 0 Å². The van der Waals surface area contributed by atoms with E-state index in [2.05, 4.69) is 15.9 Å². The SMILES string of the molecule is NS(=O)(=O)c1cc(N2Cc3ccc(Br)cc3C2)cc([N+](=O)[O-])c1. The number of fused-ring (bicyclic) bond motifs is 1. The standard InChI is InChI=1S/C14H12BrN3O4S/c15-11-2-1-9-7-17(8-10(9)3-11)12-4-13(18(19)20)6-14(5-12)23(16,21)22/h1-6H,7-8H2,(H2,16,21,22). The lowest BCUT2D eigenvalue weighted by atomic mass is 10.1. The minimum Gasteiger partial charge on any atom is -0.363 e. The third-order valence-corrected chi connectivity index (χ3v) is 5.06. The molecule has 2 aromatic rings. The molecule has 9 heteroatoms. The lowest BCUT2D eigenvalue weighted by Crippen LogP contribution is -2.17. The number of benzene rings is 2. The van der Waals surface area contributed by atoms with Crippen LogP contribution in [0.4, 0.5) is 11.4 Å². The Kier molecular flexibility index (Phi) is 3.86. The van der Waals surface area contributed by atoms with Gasteiger partial charge in [0.15, 0.2) is 0 Å². The number of halogens is 1. The Morgan fingerprint density at radius 3 is 2.48 bits per heavy atom. The molecule has 0 saturated heterocycles. The van der Waals surface area contributed by atoms with Gasteiger partial charge in [-0.1, -0.05) is 22.0 Å². The average Bonchev–Trinajstić information content (AvgIpc) is 2.88. The van der Waals surface area contributed by atoms with E-state index < -0.39 is 14.9 Å². The molecule has 2 aromatic carbocycles. The van der Waals surface area contributed by atoms with Gasteiger partial charge < -0.3 is 4.90 Å². The number of sulfonamides is 1. The number of nitro benzene ring substituents is 1. The number of nitrogens with zero attached hydrogens (tertiary/aromatic N) is 2. The van der Waals surface area contributed by atoms with Gasteiger partial charge in [-0.3, -0.25) is 10.1 Å². The Labute approximate surface area is 141 Å². The first-order valence-corrected chi connectivity index (χ1v) is 8.92. The third-order valence-electron chi connectivity index (χ3n) is 3.67. The van der Waals surface area contributed by atoms with E-state index in [1.165, 1.54) is 12.1 Å². The number of rotatable bonds is 3. The summed E-state index contributed by atoms with van der Waals surface area (Å²) >= 11 is 3.41. The van der Waals surface area contributed by atoms with E-state index in [4.69, 9.17) is 5.14 Å². The van der Waals surface area contributed by atoms with Crippen molar-refractivity contribution in [2.45, 2.75) is 18.0 Å². The van der Waals surface area contributed by atoms with Crippen LogP contribution in [0.1, 0.15) is 11.1 Å². The zero-order chi connectivity index (χ0) is 16.8. The molecule has 0 unspecified atom stereocenters. The van der Waals surface area contributed by atoms with Gasteiger partial charge in [0.2, 0.25) is 10.0 Å². The lowest BCUT2D eigenvalue weighted by molar-refractivity contribution is -0.385. The molecule has 0 atom stereocenters. The largest absolute Gasteiger partial charge is 0.363 e.